The number of fused-ring (bicyclic) bond motifs is 1. The minimum absolute atomic E-state index is 0.0531. The number of benzene rings is 2. The molecule has 8 heteroatoms. The average Bonchev–Trinajstić information content (AvgIpc) is 3.11. The van der Waals surface area contributed by atoms with Crippen LogP contribution in [0.25, 0.3) is 10.2 Å². The lowest BCUT2D eigenvalue weighted by Gasteiger charge is -2.22. The van der Waals surface area contributed by atoms with E-state index in [1.807, 2.05) is 25.1 Å². The van der Waals surface area contributed by atoms with Crippen LogP contribution in [0.1, 0.15) is 24.0 Å². The molecule has 0 saturated carbocycles. The van der Waals surface area contributed by atoms with Gasteiger partial charge in [-0.15, -0.1) is 0 Å². The zero-order valence-electron chi connectivity index (χ0n) is 18.5. The first-order valence-electron chi connectivity index (χ1n) is 10.3. The molecule has 0 saturated heterocycles. The summed E-state index contributed by atoms with van der Waals surface area (Å²) in [6.45, 7) is 5.32. The van der Waals surface area contributed by atoms with E-state index in [-0.39, 0.29) is 24.5 Å². The number of carbonyl (C=O) groups is 1. The summed E-state index contributed by atoms with van der Waals surface area (Å²) in [4.78, 5) is 21.8. The number of hydrogen-bond acceptors (Lipinski definition) is 6. The van der Waals surface area contributed by atoms with Gasteiger partial charge in [0.25, 0.3) is 0 Å². The zero-order valence-corrected chi connectivity index (χ0v) is 20.1. The molecule has 31 heavy (non-hydrogen) atoms. The zero-order chi connectivity index (χ0) is 22.6. The molecule has 0 bridgehead atoms. The molecule has 1 heterocycles. The van der Waals surface area contributed by atoms with Crippen LogP contribution < -0.4 is 4.90 Å². The van der Waals surface area contributed by atoms with Crippen LogP contribution in [0, 0.1) is 13.8 Å². The predicted octanol–water partition coefficient (Wildman–Crippen LogP) is 4.06. The summed E-state index contributed by atoms with van der Waals surface area (Å²) in [7, 11) is 0.523. The largest absolute Gasteiger partial charge is 0.308 e. The molecule has 0 spiro atoms. The van der Waals surface area contributed by atoms with Crippen molar-refractivity contribution in [3.63, 3.8) is 0 Å². The van der Waals surface area contributed by atoms with Crippen molar-refractivity contribution in [2.45, 2.75) is 31.6 Å². The van der Waals surface area contributed by atoms with Crippen LogP contribution in [0.5, 0.6) is 0 Å². The Balaban J connectivity index is 1.75. The highest BCUT2D eigenvalue weighted by Crippen LogP contribution is 2.31. The Hall–Kier alpha value is -2.29. The number of sulfone groups is 1. The number of rotatable bonds is 9. The normalized spacial score (nSPS) is 11.9. The second kappa shape index (κ2) is 9.89. The van der Waals surface area contributed by atoms with E-state index in [9.17, 15) is 13.2 Å². The van der Waals surface area contributed by atoms with Crippen molar-refractivity contribution in [1.29, 1.82) is 0 Å². The highest BCUT2D eigenvalue weighted by molar-refractivity contribution is 7.91. The van der Waals surface area contributed by atoms with Crippen LogP contribution in [0.15, 0.2) is 47.4 Å². The maximum Gasteiger partial charge on any atom is 0.228 e. The maximum atomic E-state index is 13.1. The van der Waals surface area contributed by atoms with Crippen molar-refractivity contribution in [3.8, 4) is 0 Å². The van der Waals surface area contributed by atoms with Gasteiger partial charge in [-0.25, -0.2) is 13.4 Å². The SMILES string of the molecule is Cc1cc2nc(N(CCN(C)C)C(=O)CCCS(=O)(=O)c3ccccc3)sc2cc1C. The number of anilines is 1. The van der Waals surface area contributed by atoms with E-state index >= 15 is 0 Å². The highest BCUT2D eigenvalue weighted by atomic mass is 32.2. The summed E-state index contributed by atoms with van der Waals surface area (Å²) in [5.74, 6) is -0.153. The highest BCUT2D eigenvalue weighted by Gasteiger charge is 2.21. The van der Waals surface area contributed by atoms with E-state index in [0.29, 0.717) is 23.1 Å². The third kappa shape index (κ3) is 5.90. The van der Waals surface area contributed by atoms with E-state index in [2.05, 4.69) is 19.9 Å². The van der Waals surface area contributed by atoms with Crippen LogP contribution in [0.3, 0.4) is 0 Å². The molecule has 6 nitrogen and oxygen atoms in total. The van der Waals surface area contributed by atoms with Gasteiger partial charge in [0.2, 0.25) is 5.91 Å². The Morgan fingerprint density at radius 1 is 1.03 bits per heavy atom. The smallest absolute Gasteiger partial charge is 0.228 e. The number of thiazole rings is 1. The van der Waals surface area contributed by atoms with Gasteiger partial charge in [-0.2, -0.15) is 0 Å². The first kappa shape index (κ1) is 23.4. The predicted molar refractivity (Wildman–Crippen MR) is 128 cm³/mol. The van der Waals surface area contributed by atoms with E-state index in [1.54, 1.807) is 35.2 Å². The van der Waals surface area contributed by atoms with E-state index in [1.165, 1.54) is 22.5 Å². The number of carbonyl (C=O) groups excluding carboxylic acids is 1. The first-order valence-corrected chi connectivity index (χ1v) is 12.7. The molecule has 0 N–H and O–H groups in total. The van der Waals surface area contributed by atoms with Gasteiger partial charge in [0, 0.05) is 19.5 Å². The Labute approximate surface area is 188 Å². The van der Waals surface area contributed by atoms with Gasteiger partial charge in [0.1, 0.15) is 0 Å². The summed E-state index contributed by atoms with van der Waals surface area (Å²) in [6, 6.07) is 12.5. The second-order valence-electron chi connectivity index (χ2n) is 7.98. The fraction of sp³-hybridized carbons (Fsp3) is 0.391. The van der Waals surface area contributed by atoms with Gasteiger partial charge in [-0.1, -0.05) is 29.5 Å². The Bertz CT molecular complexity index is 1120. The second-order valence-corrected chi connectivity index (χ2v) is 11.1. The van der Waals surface area contributed by atoms with Gasteiger partial charge in [-0.05, 0) is 69.8 Å². The van der Waals surface area contributed by atoms with Gasteiger partial charge in [0.15, 0.2) is 15.0 Å². The molecule has 1 aromatic heterocycles. The van der Waals surface area contributed by atoms with Crippen LogP contribution in [-0.4, -0.2) is 57.1 Å². The van der Waals surface area contributed by atoms with Crippen LogP contribution in [-0.2, 0) is 14.6 Å². The third-order valence-corrected chi connectivity index (χ3v) is 8.06. The number of aryl methyl sites for hydroxylation is 2. The molecule has 1 amide bonds. The topological polar surface area (TPSA) is 70.6 Å². The number of aromatic nitrogens is 1. The maximum absolute atomic E-state index is 13.1. The quantitative estimate of drug-likeness (QED) is 0.483. The number of nitrogens with zero attached hydrogens (tertiary/aromatic N) is 3. The van der Waals surface area contributed by atoms with E-state index in [0.717, 1.165) is 10.2 Å². The summed E-state index contributed by atoms with van der Waals surface area (Å²) in [5.41, 5.74) is 3.25. The van der Waals surface area contributed by atoms with Crippen molar-refractivity contribution in [3.05, 3.63) is 53.6 Å². The van der Waals surface area contributed by atoms with E-state index in [4.69, 9.17) is 4.98 Å². The van der Waals surface area contributed by atoms with Crippen molar-refractivity contribution < 1.29 is 13.2 Å². The lowest BCUT2D eigenvalue weighted by atomic mass is 10.1. The van der Waals surface area contributed by atoms with Crippen LogP contribution in [0.2, 0.25) is 0 Å². The Morgan fingerprint density at radius 3 is 2.39 bits per heavy atom. The molecule has 0 fully saturated rings. The molecule has 0 unspecified atom stereocenters. The number of amides is 1. The van der Waals surface area contributed by atoms with Gasteiger partial charge in [0.05, 0.1) is 20.9 Å². The molecule has 0 atom stereocenters. The molecule has 3 rings (SSSR count). The Kier molecular flexibility index (Phi) is 7.46. The first-order chi connectivity index (χ1) is 14.7. The monoisotopic (exact) mass is 459 g/mol. The molecule has 2 aromatic carbocycles. The molecule has 3 aromatic rings. The fourth-order valence-electron chi connectivity index (χ4n) is 3.20. The van der Waals surface area contributed by atoms with Gasteiger partial charge < -0.3 is 4.90 Å². The van der Waals surface area contributed by atoms with Gasteiger partial charge >= 0.3 is 0 Å². The van der Waals surface area contributed by atoms with Crippen LogP contribution in [0.4, 0.5) is 5.13 Å². The van der Waals surface area contributed by atoms with Crippen LogP contribution >= 0.6 is 11.3 Å². The molecule has 0 aliphatic rings. The van der Waals surface area contributed by atoms with E-state index < -0.39 is 9.84 Å². The molecule has 0 aliphatic carbocycles. The number of likely N-dealkylation sites (N-methyl/N-ethyl adjacent to an activating group) is 1. The lowest BCUT2D eigenvalue weighted by molar-refractivity contribution is -0.118. The molecular formula is C23H29N3O3S2. The molecule has 0 aliphatic heterocycles. The molecule has 166 valence electrons. The van der Waals surface area contributed by atoms with Crippen molar-refractivity contribution in [2.24, 2.45) is 0 Å². The van der Waals surface area contributed by atoms with Crippen molar-refractivity contribution in [2.75, 3.05) is 37.8 Å². The van der Waals surface area contributed by atoms with Gasteiger partial charge in [-0.3, -0.25) is 9.69 Å². The van der Waals surface area contributed by atoms with Crippen molar-refractivity contribution in [1.82, 2.24) is 9.88 Å². The summed E-state index contributed by atoms with van der Waals surface area (Å²) >= 11 is 1.50. The molecule has 0 radical (unpaired) electrons. The molecular weight excluding hydrogens is 430 g/mol. The fourth-order valence-corrected chi connectivity index (χ4v) is 5.63. The summed E-state index contributed by atoms with van der Waals surface area (Å²) in [5, 5.41) is 0.665. The third-order valence-electron chi connectivity index (χ3n) is 5.20. The average molecular weight is 460 g/mol. The lowest BCUT2D eigenvalue weighted by Crippen LogP contribution is -2.36. The summed E-state index contributed by atoms with van der Waals surface area (Å²) < 4.78 is 26.1. The number of hydrogen-bond donors (Lipinski definition) is 0. The van der Waals surface area contributed by atoms with Crippen molar-refractivity contribution >= 4 is 42.4 Å². The standard InChI is InChI=1S/C23H29N3O3S2/c1-17-15-20-21(16-18(17)2)30-23(24-20)26(13-12-25(3)4)22(27)11-8-14-31(28,29)19-9-6-5-7-10-19/h5-7,9-10,15-16H,8,11-14H2,1-4H3. The minimum Gasteiger partial charge on any atom is -0.308 e. The Morgan fingerprint density at radius 2 is 1.71 bits per heavy atom. The minimum atomic E-state index is -3.39. The summed E-state index contributed by atoms with van der Waals surface area (Å²) in [6.07, 6.45) is 0.436.